The van der Waals surface area contributed by atoms with E-state index in [1.54, 1.807) is 24.3 Å². The molecule has 0 saturated heterocycles. The topological polar surface area (TPSA) is 82.9 Å². The van der Waals surface area contributed by atoms with E-state index in [0.717, 1.165) is 11.3 Å². The molecule has 0 amide bonds. The fourth-order valence-electron chi connectivity index (χ4n) is 1.36. The average molecular weight is 314 g/mol. The number of hydrogen-bond acceptors (Lipinski definition) is 5. The fraction of sp³-hybridized carbons (Fsp3) is 0.0909. The van der Waals surface area contributed by atoms with Crippen LogP contribution in [0.15, 0.2) is 34.7 Å². The first kappa shape index (κ1) is 14.0. The third-order valence-electron chi connectivity index (χ3n) is 2.24. The maximum Gasteiger partial charge on any atom is 0.252 e. The Balaban J connectivity index is 2.12. The van der Waals surface area contributed by atoms with Gasteiger partial charge in [-0.1, -0.05) is 35.1 Å². The predicted molar refractivity (Wildman–Crippen MR) is 72.3 cm³/mol. The van der Waals surface area contributed by atoms with Crippen molar-refractivity contribution in [3.05, 3.63) is 46.1 Å². The highest BCUT2D eigenvalue weighted by Crippen LogP contribution is 2.22. The summed E-state index contributed by atoms with van der Waals surface area (Å²) in [6.07, 6.45) is 1.21. The van der Waals surface area contributed by atoms with Gasteiger partial charge in [-0.2, -0.15) is 5.26 Å². The van der Waals surface area contributed by atoms with Crippen LogP contribution in [0.1, 0.15) is 11.1 Å². The number of halogens is 1. The lowest BCUT2D eigenvalue weighted by Gasteiger charge is -2.04. The van der Waals surface area contributed by atoms with Crippen LogP contribution in [0.25, 0.3) is 0 Å². The summed E-state index contributed by atoms with van der Waals surface area (Å²) in [5, 5.41) is 8.76. The molecule has 1 heterocycles. The highest BCUT2D eigenvalue weighted by molar-refractivity contribution is 7.91. The molecule has 1 aromatic heterocycles. The Hall–Kier alpha value is -1.46. The molecule has 0 saturated carbocycles. The minimum absolute atomic E-state index is 0.0638. The quantitative estimate of drug-likeness (QED) is 0.937. The predicted octanol–water partition coefficient (Wildman–Crippen LogP) is 2.15. The molecule has 8 heteroatoms. The first-order valence-electron chi connectivity index (χ1n) is 5.11. The van der Waals surface area contributed by atoms with Crippen LogP contribution in [0.3, 0.4) is 0 Å². The van der Waals surface area contributed by atoms with Crippen LogP contribution in [0.5, 0.6) is 0 Å². The van der Waals surface area contributed by atoms with Crippen molar-refractivity contribution in [2.45, 2.75) is 10.8 Å². The molecule has 0 fully saturated rings. The van der Waals surface area contributed by atoms with Gasteiger partial charge in [0, 0.05) is 6.54 Å². The van der Waals surface area contributed by atoms with Crippen LogP contribution in [-0.4, -0.2) is 13.4 Å². The zero-order valence-electron chi connectivity index (χ0n) is 9.50. The second-order valence-electron chi connectivity index (χ2n) is 3.57. The minimum atomic E-state index is -3.62. The Kier molecular flexibility index (Phi) is 4.17. The first-order chi connectivity index (χ1) is 9.01. The summed E-state index contributed by atoms with van der Waals surface area (Å²) in [6.45, 7) is 0.105. The van der Waals surface area contributed by atoms with Crippen molar-refractivity contribution in [3.8, 4) is 6.07 Å². The number of hydrogen-bond donors (Lipinski definition) is 1. The van der Waals surface area contributed by atoms with Gasteiger partial charge in [0.25, 0.3) is 10.0 Å². The number of nitrogens with zero attached hydrogens (tertiary/aromatic N) is 2. The summed E-state index contributed by atoms with van der Waals surface area (Å²) < 4.78 is 26.5. The summed E-state index contributed by atoms with van der Waals surface area (Å²) in [4.78, 5) is 3.69. The normalized spacial score (nSPS) is 11.2. The van der Waals surface area contributed by atoms with Crippen molar-refractivity contribution >= 4 is 33.0 Å². The van der Waals surface area contributed by atoms with E-state index in [0.29, 0.717) is 11.1 Å². The lowest BCUT2D eigenvalue weighted by Crippen LogP contribution is -2.22. The molecule has 0 radical (unpaired) electrons. The molecule has 2 rings (SSSR count). The lowest BCUT2D eigenvalue weighted by atomic mass is 10.1. The maximum atomic E-state index is 11.9. The van der Waals surface area contributed by atoms with Gasteiger partial charge < -0.3 is 0 Å². The van der Waals surface area contributed by atoms with Crippen LogP contribution in [0, 0.1) is 11.3 Å². The van der Waals surface area contributed by atoms with E-state index < -0.39 is 10.0 Å². The maximum absolute atomic E-state index is 11.9. The van der Waals surface area contributed by atoms with Gasteiger partial charge in [0.1, 0.15) is 0 Å². The molecule has 1 aromatic carbocycles. The fourth-order valence-corrected chi connectivity index (χ4v) is 3.72. The van der Waals surface area contributed by atoms with E-state index in [9.17, 15) is 8.42 Å². The van der Waals surface area contributed by atoms with Gasteiger partial charge in [0.05, 0.1) is 17.8 Å². The largest absolute Gasteiger partial charge is 0.252 e. The molecular formula is C11H8ClN3O2S2. The van der Waals surface area contributed by atoms with Gasteiger partial charge in [-0.25, -0.2) is 18.1 Å². The Morgan fingerprint density at radius 3 is 2.89 bits per heavy atom. The van der Waals surface area contributed by atoms with E-state index in [1.165, 1.54) is 6.20 Å². The summed E-state index contributed by atoms with van der Waals surface area (Å²) in [5.41, 5.74) is 1.19. The molecule has 5 nitrogen and oxygen atoms in total. The van der Waals surface area contributed by atoms with Gasteiger partial charge in [0.15, 0.2) is 8.68 Å². The summed E-state index contributed by atoms with van der Waals surface area (Å²) in [6, 6.07) is 8.72. The number of benzene rings is 1. The van der Waals surface area contributed by atoms with E-state index in [1.807, 2.05) is 6.07 Å². The number of nitriles is 1. The van der Waals surface area contributed by atoms with Gasteiger partial charge >= 0.3 is 0 Å². The van der Waals surface area contributed by atoms with Gasteiger partial charge in [-0.05, 0) is 17.7 Å². The highest BCUT2D eigenvalue weighted by Gasteiger charge is 2.17. The number of rotatable bonds is 4. The van der Waals surface area contributed by atoms with Crippen LogP contribution >= 0.6 is 22.9 Å². The minimum Gasteiger partial charge on any atom is -0.232 e. The molecule has 0 bridgehead atoms. The third kappa shape index (κ3) is 3.52. The average Bonchev–Trinajstić information content (AvgIpc) is 2.84. The molecule has 2 aromatic rings. The number of sulfonamides is 1. The third-order valence-corrected chi connectivity index (χ3v) is 5.22. The van der Waals surface area contributed by atoms with Gasteiger partial charge in [-0.15, -0.1) is 0 Å². The summed E-state index contributed by atoms with van der Waals surface area (Å²) in [7, 11) is -3.62. The Morgan fingerprint density at radius 1 is 1.47 bits per heavy atom. The summed E-state index contributed by atoms with van der Waals surface area (Å²) in [5.74, 6) is 0. The van der Waals surface area contributed by atoms with E-state index in [2.05, 4.69) is 9.71 Å². The molecular weight excluding hydrogens is 306 g/mol. The lowest BCUT2D eigenvalue weighted by molar-refractivity contribution is 0.583. The van der Waals surface area contributed by atoms with Crippen molar-refractivity contribution in [2.24, 2.45) is 0 Å². The molecule has 0 unspecified atom stereocenters. The van der Waals surface area contributed by atoms with Crippen molar-refractivity contribution in [1.82, 2.24) is 9.71 Å². The van der Waals surface area contributed by atoms with Crippen molar-refractivity contribution in [3.63, 3.8) is 0 Å². The van der Waals surface area contributed by atoms with Crippen molar-refractivity contribution in [2.75, 3.05) is 0 Å². The SMILES string of the molecule is N#Cc1cccc(CNS(=O)(=O)c2cnc(Cl)s2)c1. The van der Waals surface area contributed by atoms with Gasteiger partial charge in [-0.3, -0.25) is 0 Å². The van der Waals surface area contributed by atoms with Gasteiger partial charge in [0.2, 0.25) is 0 Å². The molecule has 19 heavy (non-hydrogen) atoms. The Labute approximate surface area is 119 Å². The zero-order chi connectivity index (χ0) is 13.9. The Morgan fingerprint density at radius 2 is 2.26 bits per heavy atom. The molecule has 0 atom stereocenters. The second kappa shape index (κ2) is 5.67. The standard InChI is InChI=1S/C11H8ClN3O2S2/c12-11-14-7-10(18-11)19(16,17)15-6-9-3-1-2-8(4-9)5-13/h1-4,7,15H,6H2. The van der Waals surface area contributed by atoms with Crippen LogP contribution in [-0.2, 0) is 16.6 Å². The second-order valence-corrected chi connectivity index (χ2v) is 7.18. The van der Waals surface area contributed by atoms with Crippen LogP contribution in [0.2, 0.25) is 4.47 Å². The first-order valence-corrected chi connectivity index (χ1v) is 7.79. The zero-order valence-corrected chi connectivity index (χ0v) is 11.9. The Bertz CT molecular complexity index is 734. The highest BCUT2D eigenvalue weighted by atomic mass is 35.5. The summed E-state index contributed by atoms with van der Waals surface area (Å²) >= 11 is 6.49. The number of nitrogens with one attached hydrogen (secondary N) is 1. The molecule has 0 aliphatic rings. The van der Waals surface area contributed by atoms with Crippen molar-refractivity contribution in [1.29, 1.82) is 5.26 Å². The molecule has 0 aliphatic carbocycles. The smallest absolute Gasteiger partial charge is 0.232 e. The molecule has 0 spiro atoms. The number of aromatic nitrogens is 1. The van der Waals surface area contributed by atoms with Crippen LogP contribution in [0.4, 0.5) is 0 Å². The monoisotopic (exact) mass is 313 g/mol. The van der Waals surface area contributed by atoms with E-state index >= 15 is 0 Å². The molecule has 0 aliphatic heterocycles. The van der Waals surface area contributed by atoms with Crippen molar-refractivity contribution < 1.29 is 8.42 Å². The molecule has 1 N–H and O–H groups in total. The van der Waals surface area contributed by atoms with E-state index in [4.69, 9.17) is 16.9 Å². The van der Waals surface area contributed by atoms with Crippen LogP contribution < -0.4 is 4.72 Å². The van der Waals surface area contributed by atoms with E-state index in [-0.39, 0.29) is 15.2 Å². The number of thiazole rings is 1. The molecule has 98 valence electrons.